The van der Waals surface area contributed by atoms with E-state index in [9.17, 15) is 4.79 Å². The molecule has 2 aliphatic rings. The predicted molar refractivity (Wildman–Crippen MR) is 128 cm³/mol. The van der Waals surface area contributed by atoms with Gasteiger partial charge in [0.05, 0.1) is 12.8 Å². The second-order valence-corrected chi connectivity index (χ2v) is 10.1. The van der Waals surface area contributed by atoms with Gasteiger partial charge in [0, 0.05) is 25.0 Å². The Morgan fingerprint density at radius 3 is 2.44 bits per heavy atom. The van der Waals surface area contributed by atoms with Crippen molar-refractivity contribution in [2.24, 2.45) is 11.8 Å². The lowest BCUT2D eigenvalue weighted by Crippen LogP contribution is -2.50. The number of benzene rings is 1. The number of nitrogens with zero attached hydrogens (tertiary/aromatic N) is 2. The van der Waals surface area contributed by atoms with E-state index in [0.717, 1.165) is 77.1 Å². The third-order valence-corrected chi connectivity index (χ3v) is 6.84. The van der Waals surface area contributed by atoms with E-state index >= 15 is 0 Å². The molecule has 0 saturated carbocycles. The average Bonchev–Trinajstić information content (AvgIpc) is 3.29. The molecule has 0 unspecified atom stereocenters. The van der Waals surface area contributed by atoms with Crippen LogP contribution in [0.25, 0.3) is 0 Å². The van der Waals surface area contributed by atoms with E-state index in [1.54, 1.807) is 6.26 Å². The topological polar surface area (TPSA) is 48.7 Å². The highest BCUT2D eigenvalue weighted by Crippen LogP contribution is 2.21. The van der Waals surface area contributed by atoms with Crippen LogP contribution in [-0.2, 0) is 24.3 Å². The summed E-state index contributed by atoms with van der Waals surface area (Å²) < 4.78 is 5.46. The number of nitrogens with one attached hydrogen (secondary N) is 1. The van der Waals surface area contributed by atoms with Crippen LogP contribution in [0.4, 0.5) is 0 Å². The van der Waals surface area contributed by atoms with Gasteiger partial charge in [0.15, 0.2) is 0 Å². The molecule has 0 aliphatic carbocycles. The summed E-state index contributed by atoms with van der Waals surface area (Å²) in [6.45, 7) is 10.3. The zero-order valence-electron chi connectivity index (χ0n) is 19.8. The quantitative estimate of drug-likeness (QED) is 0.662. The van der Waals surface area contributed by atoms with Crippen LogP contribution in [0.3, 0.4) is 0 Å². The highest BCUT2D eigenvalue weighted by Gasteiger charge is 2.28. The molecule has 2 fully saturated rings. The first-order valence-electron chi connectivity index (χ1n) is 12.4. The van der Waals surface area contributed by atoms with Gasteiger partial charge in [0.2, 0.25) is 5.91 Å². The molecule has 4 rings (SSSR count). The van der Waals surface area contributed by atoms with Gasteiger partial charge >= 0.3 is 0 Å². The van der Waals surface area contributed by atoms with E-state index in [-0.39, 0.29) is 17.9 Å². The Bertz CT molecular complexity index is 823. The molecule has 1 amide bonds. The summed E-state index contributed by atoms with van der Waals surface area (Å²) in [5.74, 6) is 2.10. The number of hydrogen-bond acceptors (Lipinski definition) is 4. The molecule has 2 saturated heterocycles. The molecule has 32 heavy (non-hydrogen) atoms. The van der Waals surface area contributed by atoms with Crippen LogP contribution in [0.1, 0.15) is 56.4 Å². The first-order valence-corrected chi connectivity index (χ1v) is 12.4. The Balaban J connectivity index is 1.20. The standard InChI is InChI=1S/C27H39N3O2/c1-21(2)17-22-7-9-23(10-8-22)18-30-13-3-5-25(19-30)28-27(31)24-11-14-29(15-12-24)20-26-6-4-16-32-26/h4,6-10,16,21,24-25H,3,5,11-15,17-20H2,1-2H3,(H,28,31)/t25-/m1/s1. The zero-order chi connectivity index (χ0) is 22.3. The third-order valence-electron chi connectivity index (χ3n) is 6.84. The van der Waals surface area contributed by atoms with Crippen LogP contribution in [0, 0.1) is 11.8 Å². The molecule has 3 heterocycles. The average molecular weight is 438 g/mol. The highest BCUT2D eigenvalue weighted by molar-refractivity contribution is 5.79. The molecule has 0 bridgehead atoms. The van der Waals surface area contributed by atoms with Gasteiger partial charge in [-0.15, -0.1) is 0 Å². The van der Waals surface area contributed by atoms with E-state index in [1.807, 2.05) is 12.1 Å². The molecule has 1 aromatic heterocycles. The van der Waals surface area contributed by atoms with E-state index in [2.05, 4.69) is 53.2 Å². The molecule has 0 spiro atoms. The normalized spacial score (nSPS) is 21.2. The monoisotopic (exact) mass is 437 g/mol. The van der Waals surface area contributed by atoms with Crippen molar-refractivity contribution in [1.82, 2.24) is 15.1 Å². The number of likely N-dealkylation sites (tertiary alicyclic amines) is 2. The molecule has 5 nitrogen and oxygen atoms in total. The Labute approximate surface area is 193 Å². The van der Waals surface area contributed by atoms with Gasteiger partial charge in [0.1, 0.15) is 5.76 Å². The molecule has 2 aromatic rings. The van der Waals surface area contributed by atoms with Crippen molar-refractivity contribution in [3.8, 4) is 0 Å². The van der Waals surface area contributed by atoms with Crippen LogP contribution < -0.4 is 5.32 Å². The van der Waals surface area contributed by atoms with E-state index in [4.69, 9.17) is 4.42 Å². The van der Waals surface area contributed by atoms with Crippen molar-refractivity contribution in [1.29, 1.82) is 0 Å². The lowest BCUT2D eigenvalue weighted by molar-refractivity contribution is -0.127. The van der Waals surface area contributed by atoms with Gasteiger partial charge in [0.25, 0.3) is 0 Å². The minimum atomic E-state index is 0.145. The smallest absolute Gasteiger partial charge is 0.223 e. The number of hydrogen-bond donors (Lipinski definition) is 1. The maximum absolute atomic E-state index is 12.9. The van der Waals surface area contributed by atoms with Crippen molar-refractivity contribution in [3.63, 3.8) is 0 Å². The lowest BCUT2D eigenvalue weighted by atomic mass is 9.94. The van der Waals surface area contributed by atoms with Crippen LogP contribution in [0.5, 0.6) is 0 Å². The third kappa shape index (κ3) is 6.69. The number of carbonyl (C=O) groups excluding carboxylic acids is 1. The van der Waals surface area contributed by atoms with Gasteiger partial charge in [-0.05, 0) is 80.9 Å². The molecule has 5 heteroatoms. The molecule has 1 aromatic carbocycles. The Kier molecular flexibility index (Phi) is 8.04. The van der Waals surface area contributed by atoms with Gasteiger partial charge in [-0.2, -0.15) is 0 Å². The van der Waals surface area contributed by atoms with Crippen LogP contribution in [0.15, 0.2) is 47.1 Å². The number of rotatable bonds is 8. The number of carbonyl (C=O) groups is 1. The summed E-state index contributed by atoms with van der Waals surface area (Å²) in [5, 5.41) is 3.38. The SMILES string of the molecule is CC(C)Cc1ccc(CN2CCC[C@@H](NC(=O)C3CCN(Cc4ccco4)CC3)C2)cc1. The minimum absolute atomic E-state index is 0.145. The molecular weight excluding hydrogens is 398 g/mol. The van der Waals surface area contributed by atoms with Crippen LogP contribution >= 0.6 is 0 Å². The van der Waals surface area contributed by atoms with Crippen molar-refractivity contribution in [3.05, 3.63) is 59.5 Å². The van der Waals surface area contributed by atoms with Crippen molar-refractivity contribution in [2.45, 2.75) is 65.1 Å². The number of furan rings is 1. The van der Waals surface area contributed by atoms with E-state index < -0.39 is 0 Å². The summed E-state index contributed by atoms with van der Waals surface area (Å²) in [5.41, 5.74) is 2.79. The van der Waals surface area contributed by atoms with Crippen molar-refractivity contribution in [2.75, 3.05) is 26.2 Å². The van der Waals surface area contributed by atoms with Gasteiger partial charge < -0.3 is 9.73 Å². The maximum Gasteiger partial charge on any atom is 0.223 e. The zero-order valence-corrected chi connectivity index (χ0v) is 19.8. The second-order valence-electron chi connectivity index (χ2n) is 10.1. The van der Waals surface area contributed by atoms with Gasteiger partial charge in [-0.25, -0.2) is 0 Å². The fraction of sp³-hybridized carbons (Fsp3) is 0.593. The van der Waals surface area contributed by atoms with Gasteiger partial charge in [-0.1, -0.05) is 38.1 Å². The molecule has 0 radical (unpaired) electrons. The van der Waals surface area contributed by atoms with Gasteiger partial charge in [-0.3, -0.25) is 14.6 Å². The maximum atomic E-state index is 12.9. The fourth-order valence-electron chi connectivity index (χ4n) is 5.12. The highest BCUT2D eigenvalue weighted by atomic mass is 16.3. The summed E-state index contributed by atoms with van der Waals surface area (Å²) in [4.78, 5) is 17.8. The van der Waals surface area contributed by atoms with Crippen molar-refractivity contribution < 1.29 is 9.21 Å². The second kappa shape index (κ2) is 11.2. The minimum Gasteiger partial charge on any atom is -0.468 e. The Hall–Kier alpha value is -2.11. The summed E-state index contributed by atoms with van der Waals surface area (Å²) in [7, 11) is 0. The van der Waals surface area contributed by atoms with Crippen LogP contribution in [0.2, 0.25) is 0 Å². The van der Waals surface area contributed by atoms with Crippen LogP contribution in [-0.4, -0.2) is 47.9 Å². The molecule has 1 N–H and O–H groups in total. The van der Waals surface area contributed by atoms with E-state index in [1.165, 1.54) is 11.1 Å². The largest absolute Gasteiger partial charge is 0.468 e. The lowest BCUT2D eigenvalue weighted by Gasteiger charge is -2.35. The predicted octanol–water partition coefficient (Wildman–Crippen LogP) is 4.47. The first-order chi connectivity index (χ1) is 15.5. The summed E-state index contributed by atoms with van der Waals surface area (Å²) in [6, 6.07) is 13.3. The first kappa shape index (κ1) is 23.1. The fourth-order valence-corrected chi connectivity index (χ4v) is 5.12. The Morgan fingerprint density at radius 2 is 1.75 bits per heavy atom. The Morgan fingerprint density at radius 1 is 1.00 bits per heavy atom. The molecule has 174 valence electrons. The van der Waals surface area contributed by atoms with E-state index in [0.29, 0.717) is 5.92 Å². The number of piperidine rings is 2. The molecule has 2 aliphatic heterocycles. The molecular formula is C27H39N3O2. The summed E-state index contributed by atoms with van der Waals surface area (Å²) >= 11 is 0. The summed E-state index contributed by atoms with van der Waals surface area (Å²) in [6.07, 6.45) is 6.98. The van der Waals surface area contributed by atoms with Crippen molar-refractivity contribution >= 4 is 5.91 Å². The number of amides is 1. The molecule has 1 atom stereocenters.